The van der Waals surface area contributed by atoms with Gasteiger partial charge in [-0.05, 0) is 49.9 Å². The number of pyridine rings is 1. The predicted octanol–water partition coefficient (Wildman–Crippen LogP) is 3.81. The summed E-state index contributed by atoms with van der Waals surface area (Å²) in [6.07, 6.45) is 3.17. The van der Waals surface area contributed by atoms with E-state index in [1.165, 1.54) is 23.3 Å². The second-order valence-corrected chi connectivity index (χ2v) is 9.17. The van der Waals surface area contributed by atoms with Crippen LogP contribution in [0.4, 0.5) is 13.2 Å². The molecular weight excluding hydrogens is 487 g/mol. The fourth-order valence-electron chi connectivity index (χ4n) is 4.78. The fraction of sp³-hybridized carbons (Fsp3) is 0.500. The largest absolute Gasteiger partial charge is 0.418 e. The summed E-state index contributed by atoms with van der Waals surface area (Å²) in [6, 6.07) is 5.80. The number of para-hydroxylation sites is 1. The van der Waals surface area contributed by atoms with Crippen LogP contribution in [0.3, 0.4) is 0 Å². The number of fused-ring (bicyclic) bond motifs is 2. The minimum Gasteiger partial charge on any atom is -0.380 e. The Hall–Kier alpha value is -3.02. The molecule has 1 saturated heterocycles. The molecule has 2 aliphatic rings. The number of nitrogens with one attached hydrogen (secondary N) is 1. The fourth-order valence-corrected chi connectivity index (χ4v) is 4.78. The lowest BCUT2D eigenvalue weighted by Gasteiger charge is -2.20. The van der Waals surface area contributed by atoms with Crippen molar-refractivity contribution in [2.75, 3.05) is 32.8 Å². The molecule has 11 heteroatoms. The first-order chi connectivity index (χ1) is 17.7. The molecule has 2 aromatic heterocycles. The molecule has 200 valence electrons. The van der Waals surface area contributed by atoms with Crippen molar-refractivity contribution in [1.82, 2.24) is 19.9 Å². The number of benzene rings is 1. The number of nitrogens with two attached hydrogens (primary N) is 1. The summed E-state index contributed by atoms with van der Waals surface area (Å²) < 4.78 is 49.7. The van der Waals surface area contributed by atoms with E-state index >= 15 is 0 Å². The van der Waals surface area contributed by atoms with Gasteiger partial charge in [0.25, 0.3) is 0 Å². The summed E-state index contributed by atoms with van der Waals surface area (Å²) in [5.41, 5.74) is 6.87. The first-order valence-corrected chi connectivity index (χ1v) is 12.5. The highest BCUT2D eigenvalue weighted by molar-refractivity contribution is 5.81. The Morgan fingerprint density at radius 3 is 2.86 bits per heavy atom. The number of nitrogens with zero attached hydrogens (tertiary/aromatic N) is 3. The SMILES string of the molecule is CCOCCN1CCC(OC2CCc3ccncc32)C1.NC(=O)Cc1nc2c(C(F)(F)F)cccc2[nH]1. The molecule has 1 aliphatic carbocycles. The van der Waals surface area contributed by atoms with Crippen LogP contribution in [0, 0.1) is 0 Å². The number of aromatic amines is 1. The van der Waals surface area contributed by atoms with Crippen LogP contribution in [-0.4, -0.2) is 64.7 Å². The van der Waals surface area contributed by atoms with Crippen LogP contribution in [0.5, 0.6) is 0 Å². The lowest BCUT2D eigenvalue weighted by atomic mass is 10.2. The number of rotatable bonds is 8. The number of H-pyrrole nitrogens is 1. The molecule has 2 unspecified atom stereocenters. The van der Waals surface area contributed by atoms with Crippen molar-refractivity contribution in [2.45, 2.75) is 51.0 Å². The third kappa shape index (κ3) is 7.06. The van der Waals surface area contributed by atoms with Gasteiger partial charge in [0.05, 0.1) is 36.3 Å². The monoisotopic (exact) mass is 519 g/mol. The summed E-state index contributed by atoms with van der Waals surface area (Å²) in [5, 5.41) is 0. The number of carbonyl (C=O) groups is 1. The van der Waals surface area contributed by atoms with E-state index < -0.39 is 17.6 Å². The van der Waals surface area contributed by atoms with E-state index in [0.717, 1.165) is 58.2 Å². The molecule has 1 aromatic carbocycles. The molecule has 37 heavy (non-hydrogen) atoms. The highest BCUT2D eigenvalue weighted by Gasteiger charge is 2.34. The number of likely N-dealkylation sites (tertiary alicyclic amines) is 1. The number of hydrogen-bond acceptors (Lipinski definition) is 6. The van der Waals surface area contributed by atoms with Crippen LogP contribution < -0.4 is 5.73 Å². The summed E-state index contributed by atoms with van der Waals surface area (Å²) in [5.74, 6) is -0.526. The Labute approximate surface area is 213 Å². The predicted molar refractivity (Wildman–Crippen MR) is 132 cm³/mol. The Morgan fingerprint density at radius 1 is 1.27 bits per heavy atom. The zero-order chi connectivity index (χ0) is 26.4. The van der Waals surface area contributed by atoms with Crippen LogP contribution in [-0.2, 0) is 33.3 Å². The van der Waals surface area contributed by atoms with Crippen molar-refractivity contribution in [1.29, 1.82) is 0 Å². The van der Waals surface area contributed by atoms with Crippen LogP contribution in [0.1, 0.15) is 48.4 Å². The average Bonchev–Trinajstić information content (AvgIpc) is 3.57. The highest BCUT2D eigenvalue weighted by Crippen LogP contribution is 2.35. The van der Waals surface area contributed by atoms with Gasteiger partial charge < -0.3 is 20.2 Å². The minimum absolute atomic E-state index is 0.129. The summed E-state index contributed by atoms with van der Waals surface area (Å²) >= 11 is 0. The van der Waals surface area contributed by atoms with E-state index in [1.807, 2.05) is 19.3 Å². The molecule has 0 saturated carbocycles. The lowest BCUT2D eigenvalue weighted by Crippen LogP contribution is -2.27. The number of aryl methyl sites for hydroxylation is 1. The summed E-state index contributed by atoms with van der Waals surface area (Å²) in [7, 11) is 0. The van der Waals surface area contributed by atoms with Crippen LogP contribution in [0.15, 0.2) is 36.7 Å². The van der Waals surface area contributed by atoms with E-state index in [2.05, 4.69) is 25.9 Å². The second kappa shape index (κ2) is 12.0. The van der Waals surface area contributed by atoms with Crippen molar-refractivity contribution in [2.24, 2.45) is 5.73 Å². The number of hydrogen-bond donors (Lipinski definition) is 2. The molecule has 0 spiro atoms. The maximum absolute atomic E-state index is 12.6. The molecule has 1 fully saturated rings. The average molecular weight is 520 g/mol. The Kier molecular flexibility index (Phi) is 8.78. The standard InChI is InChI=1S/C16H24N2O2.C10H8F3N3O/c1-2-19-10-9-18-8-6-14(12-18)20-16-4-3-13-5-7-17-11-15(13)16;11-10(12,13)5-2-1-3-6-9(5)16-8(15-6)4-7(14)17/h5,7,11,14,16H,2-4,6,8-10,12H2,1H3;1-3H,4H2,(H2,14,17)(H,15,16). The highest BCUT2D eigenvalue weighted by atomic mass is 19.4. The van der Waals surface area contributed by atoms with E-state index in [1.54, 1.807) is 0 Å². The van der Waals surface area contributed by atoms with Gasteiger partial charge in [-0.1, -0.05) is 6.07 Å². The molecule has 0 bridgehead atoms. The molecule has 3 N–H and O–H groups in total. The zero-order valence-corrected chi connectivity index (χ0v) is 20.8. The number of amides is 1. The van der Waals surface area contributed by atoms with Crippen molar-refractivity contribution in [3.8, 4) is 0 Å². The van der Waals surface area contributed by atoms with Crippen LogP contribution in [0.2, 0.25) is 0 Å². The number of ether oxygens (including phenoxy) is 2. The maximum atomic E-state index is 12.6. The molecule has 3 aromatic rings. The molecule has 8 nitrogen and oxygen atoms in total. The van der Waals surface area contributed by atoms with Gasteiger partial charge in [-0.3, -0.25) is 14.7 Å². The quantitative estimate of drug-likeness (QED) is 0.439. The summed E-state index contributed by atoms with van der Waals surface area (Å²) in [4.78, 5) is 23.7. The Morgan fingerprint density at radius 2 is 2.11 bits per heavy atom. The van der Waals surface area contributed by atoms with Crippen molar-refractivity contribution in [3.05, 3.63) is 59.2 Å². The number of halogens is 3. The third-order valence-corrected chi connectivity index (χ3v) is 6.52. The molecule has 0 radical (unpaired) electrons. The number of carbonyl (C=O) groups excluding carboxylic acids is 1. The van der Waals surface area contributed by atoms with Gasteiger partial charge in [0.15, 0.2) is 0 Å². The number of imidazole rings is 1. The second-order valence-electron chi connectivity index (χ2n) is 9.17. The van der Waals surface area contributed by atoms with Gasteiger partial charge in [0.2, 0.25) is 5.91 Å². The first-order valence-electron chi connectivity index (χ1n) is 12.5. The Balaban J connectivity index is 0.000000176. The molecule has 2 atom stereocenters. The lowest BCUT2D eigenvalue weighted by molar-refractivity contribution is -0.136. The first kappa shape index (κ1) is 27.0. The van der Waals surface area contributed by atoms with Gasteiger partial charge in [0.1, 0.15) is 11.3 Å². The zero-order valence-electron chi connectivity index (χ0n) is 20.8. The van der Waals surface area contributed by atoms with E-state index in [-0.39, 0.29) is 29.4 Å². The summed E-state index contributed by atoms with van der Waals surface area (Å²) in [6.45, 7) is 6.88. The normalized spacial score (nSPS) is 19.6. The van der Waals surface area contributed by atoms with Gasteiger partial charge >= 0.3 is 6.18 Å². The van der Waals surface area contributed by atoms with Gasteiger partial charge in [-0.15, -0.1) is 0 Å². The van der Waals surface area contributed by atoms with Crippen molar-refractivity contribution >= 4 is 16.9 Å². The third-order valence-electron chi connectivity index (χ3n) is 6.52. The van der Waals surface area contributed by atoms with Gasteiger partial charge in [-0.25, -0.2) is 4.98 Å². The number of primary amides is 1. The topological polar surface area (TPSA) is 106 Å². The van der Waals surface area contributed by atoms with Crippen LogP contribution in [0.25, 0.3) is 11.0 Å². The smallest absolute Gasteiger partial charge is 0.380 e. The molecular formula is C26H32F3N5O3. The van der Waals surface area contributed by atoms with Crippen molar-refractivity contribution in [3.63, 3.8) is 0 Å². The van der Waals surface area contributed by atoms with Gasteiger partial charge in [0, 0.05) is 44.2 Å². The minimum atomic E-state index is -4.47. The number of alkyl halides is 3. The molecule has 1 amide bonds. The maximum Gasteiger partial charge on any atom is 0.418 e. The Bertz CT molecular complexity index is 1200. The molecule has 1 aliphatic heterocycles. The van der Waals surface area contributed by atoms with E-state index in [9.17, 15) is 18.0 Å². The molecule has 5 rings (SSSR count). The van der Waals surface area contributed by atoms with Crippen molar-refractivity contribution < 1.29 is 27.4 Å². The van der Waals surface area contributed by atoms with E-state index in [0.29, 0.717) is 6.10 Å². The van der Waals surface area contributed by atoms with Gasteiger partial charge in [-0.2, -0.15) is 13.2 Å². The number of aromatic nitrogens is 3. The van der Waals surface area contributed by atoms with Crippen LogP contribution >= 0.6 is 0 Å². The van der Waals surface area contributed by atoms with E-state index in [4.69, 9.17) is 15.2 Å². The molecule has 3 heterocycles.